The number of hydrogen-bond acceptors (Lipinski definition) is 0. The number of rotatable bonds is 1. The Kier molecular flexibility index (Phi) is 2.75. The molecule has 112 valence electrons. The van der Waals surface area contributed by atoms with Gasteiger partial charge < -0.3 is 0 Å². The highest BCUT2D eigenvalue weighted by atomic mass is 15.2. The number of nitrogens with zero attached hydrogens (tertiary/aromatic N) is 2. The van der Waals surface area contributed by atoms with Crippen molar-refractivity contribution in [2.24, 2.45) is 7.05 Å². The largest absolute Gasteiger partial charge is 0.290 e. The van der Waals surface area contributed by atoms with Crippen molar-refractivity contribution < 1.29 is 4.57 Å². The maximum Gasteiger partial charge on any atom is 0.290 e. The van der Waals surface area contributed by atoms with Gasteiger partial charge in [0, 0.05) is 5.56 Å². The van der Waals surface area contributed by atoms with E-state index in [1.54, 1.807) is 0 Å². The highest BCUT2D eigenvalue weighted by Gasteiger charge is 2.39. The standard InChI is InChI=1S/C20H23N2/c1-14-8-5-6-10-16(14)19-21(4)17-11-7-9-15-12-13-20(2,3)22(19)18(15)17/h5-11H,12-13H2,1-4H3/q+1. The third kappa shape index (κ3) is 1.70. The quantitative estimate of drug-likeness (QED) is 0.596. The predicted molar refractivity (Wildman–Crippen MR) is 90.9 cm³/mol. The van der Waals surface area contributed by atoms with E-state index in [9.17, 15) is 0 Å². The molecule has 0 saturated heterocycles. The fourth-order valence-corrected chi connectivity index (χ4v) is 3.94. The van der Waals surface area contributed by atoms with Crippen LogP contribution in [0.1, 0.15) is 31.4 Å². The van der Waals surface area contributed by atoms with E-state index < -0.39 is 0 Å². The molecular weight excluding hydrogens is 268 g/mol. The molecule has 1 aromatic heterocycles. The minimum absolute atomic E-state index is 0.144. The SMILES string of the molecule is Cc1ccccc1-c1n(C)c2cccc3c2[n+]1C(C)(C)CC3. The van der Waals surface area contributed by atoms with Gasteiger partial charge in [0.05, 0.1) is 12.6 Å². The predicted octanol–water partition coefficient (Wildman–Crippen LogP) is 4.12. The molecular formula is C20H23N2+. The fourth-order valence-electron chi connectivity index (χ4n) is 3.94. The summed E-state index contributed by atoms with van der Waals surface area (Å²) in [6.07, 6.45) is 2.36. The van der Waals surface area contributed by atoms with Crippen molar-refractivity contribution in [3.63, 3.8) is 0 Å². The average Bonchev–Trinajstić information content (AvgIpc) is 2.80. The highest BCUT2D eigenvalue weighted by Crippen LogP contribution is 2.34. The molecule has 0 aliphatic carbocycles. The third-order valence-electron chi connectivity index (χ3n) is 5.21. The Morgan fingerprint density at radius 2 is 1.82 bits per heavy atom. The zero-order chi connectivity index (χ0) is 15.5. The molecule has 2 heterocycles. The van der Waals surface area contributed by atoms with Crippen LogP contribution in [0.2, 0.25) is 0 Å². The molecule has 1 aliphatic heterocycles. The molecule has 22 heavy (non-hydrogen) atoms. The molecule has 3 aromatic rings. The van der Waals surface area contributed by atoms with Gasteiger partial charge in [0.15, 0.2) is 11.0 Å². The summed E-state index contributed by atoms with van der Waals surface area (Å²) in [6.45, 7) is 6.94. The molecule has 0 bridgehead atoms. The van der Waals surface area contributed by atoms with Crippen molar-refractivity contribution in [3.8, 4) is 11.4 Å². The summed E-state index contributed by atoms with van der Waals surface area (Å²) in [4.78, 5) is 0. The monoisotopic (exact) mass is 291 g/mol. The number of aromatic nitrogens is 2. The first-order valence-corrected chi connectivity index (χ1v) is 8.09. The van der Waals surface area contributed by atoms with Crippen LogP contribution in [0.3, 0.4) is 0 Å². The maximum absolute atomic E-state index is 2.57. The number of aryl methyl sites for hydroxylation is 3. The second-order valence-corrected chi connectivity index (χ2v) is 7.13. The third-order valence-corrected chi connectivity index (χ3v) is 5.21. The number of benzene rings is 2. The molecule has 2 nitrogen and oxygen atoms in total. The van der Waals surface area contributed by atoms with E-state index in [4.69, 9.17) is 0 Å². The van der Waals surface area contributed by atoms with Crippen LogP contribution in [0, 0.1) is 6.92 Å². The van der Waals surface area contributed by atoms with Crippen LogP contribution in [0.25, 0.3) is 22.4 Å². The molecule has 0 amide bonds. The topological polar surface area (TPSA) is 8.81 Å². The van der Waals surface area contributed by atoms with Gasteiger partial charge in [0.1, 0.15) is 5.54 Å². The fraction of sp³-hybridized carbons (Fsp3) is 0.350. The van der Waals surface area contributed by atoms with Crippen molar-refractivity contribution >= 4 is 11.0 Å². The van der Waals surface area contributed by atoms with E-state index in [1.165, 1.54) is 46.4 Å². The molecule has 0 saturated carbocycles. The summed E-state index contributed by atoms with van der Waals surface area (Å²) in [5.74, 6) is 1.32. The first-order chi connectivity index (χ1) is 10.5. The molecule has 0 radical (unpaired) electrons. The van der Waals surface area contributed by atoms with Crippen LogP contribution >= 0.6 is 0 Å². The molecule has 0 atom stereocenters. The molecule has 2 aromatic carbocycles. The van der Waals surface area contributed by atoms with Crippen LogP contribution < -0.4 is 4.57 Å². The molecule has 2 heteroatoms. The summed E-state index contributed by atoms with van der Waals surface area (Å²) in [7, 11) is 2.20. The second kappa shape index (κ2) is 4.45. The summed E-state index contributed by atoms with van der Waals surface area (Å²) >= 11 is 0. The van der Waals surface area contributed by atoms with Gasteiger partial charge in [-0.3, -0.25) is 0 Å². The Morgan fingerprint density at radius 1 is 1.05 bits per heavy atom. The molecule has 1 aliphatic rings. The zero-order valence-corrected chi connectivity index (χ0v) is 13.9. The molecule has 4 rings (SSSR count). The summed E-state index contributed by atoms with van der Waals surface area (Å²) < 4.78 is 4.94. The van der Waals surface area contributed by atoms with E-state index >= 15 is 0 Å². The van der Waals surface area contributed by atoms with Crippen molar-refractivity contribution in [2.75, 3.05) is 0 Å². The van der Waals surface area contributed by atoms with E-state index in [0.717, 1.165) is 0 Å². The van der Waals surface area contributed by atoms with E-state index in [2.05, 4.69) is 79.4 Å². The van der Waals surface area contributed by atoms with Crippen molar-refractivity contribution in [2.45, 2.75) is 39.2 Å². The Labute approximate surface area is 132 Å². The lowest BCUT2D eigenvalue weighted by atomic mass is 9.89. The van der Waals surface area contributed by atoms with Crippen LogP contribution in [-0.2, 0) is 19.0 Å². The summed E-state index contributed by atoms with van der Waals surface area (Å²) in [5, 5.41) is 0. The molecule has 0 fully saturated rings. The Balaban J connectivity index is 2.20. The Hall–Kier alpha value is -2.09. The lowest BCUT2D eigenvalue weighted by Gasteiger charge is -2.28. The smallest absolute Gasteiger partial charge is 0.226 e. The second-order valence-electron chi connectivity index (χ2n) is 7.13. The normalized spacial score (nSPS) is 16.2. The van der Waals surface area contributed by atoms with Gasteiger partial charge in [-0.15, -0.1) is 0 Å². The van der Waals surface area contributed by atoms with Gasteiger partial charge in [-0.1, -0.05) is 30.3 Å². The highest BCUT2D eigenvalue weighted by molar-refractivity contribution is 5.80. The molecule has 0 N–H and O–H groups in total. The maximum atomic E-state index is 2.57. The summed E-state index contributed by atoms with van der Waals surface area (Å²) in [6, 6.07) is 15.4. The van der Waals surface area contributed by atoms with Gasteiger partial charge >= 0.3 is 0 Å². The van der Waals surface area contributed by atoms with E-state index in [1.807, 2.05) is 0 Å². The lowest BCUT2D eigenvalue weighted by molar-refractivity contribution is -0.728. The van der Waals surface area contributed by atoms with Gasteiger partial charge in [0.25, 0.3) is 5.82 Å². The van der Waals surface area contributed by atoms with Gasteiger partial charge in [-0.05, 0) is 51.3 Å². The van der Waals surface area contributed by atoms with Crippen LogP contribution in [0.4, 0.5) is 0 Å². The minimum Gasteiger partial charge on any atom is -0.226 e. The van der Waals surface area contributed by atoms with Crippen molar-refractivity contribution in [1.29, 1.82) is 0 Å². The number of hydrogen-bond donors (Lipinski definition) is 0. The zero-order valence-electron chi connectivity index (χ0n) is 13.9. The van der Waals surface area contributed by atoms with Gasteiger partial charge in [-0.2, -0.15) is 0 Å². The summed E-state index contributed by atoms with van der Waals surface area (Å²) in [5.41, 5.74) is 7.04. The lowest BCUT2D eigenvalue weighted by Crippen LogP contribution is -2.55. The number of para-hydroxylation sites is 1. The minimum atomic E-state index is 0.144. The van der Waals surface area contributed by atoms with Crippen LogP contribution in [0.15, 0.2) is 42.5 Å². The molecule has 0 spiro atoms. The van der Waals surface area contributed by atoms with E-state index in [0.29, 0.717) is 0 Å². The van der Waals surface area contributed by atoms with Crippen LogP contribution in [0.5, 0.6) is 0 Å². The average molecular weight is 291 g/mol. The number of imidazole rings is 1. The van der Waals surface area contributed by atoms with Gasteiger partial charge in [-0.25, -0.2) is 9.13 Å². The first kappa shape index (κ1) is 13.6. The molecule has 0 unspecified atom stereocenters. The van der Waals surface area contributed by atoms with Crippen LogP contribution in [-0.4, -0.2) is 4.57 Å². The Morgan fingerprint density at radius 3 is 2.59 bits per heavy atom. The van der Waals surface area contributed by atoms with Crippen molar-refractivity contribution in [3.05, 3.63) is 53.6 Å². The van der Waals surface area contributed by atoms with E-state index in [-0.39, 0.29) is 5.54 Å². The first-order valence-electron chi connectivity index (χ1n) is 8.09. The van der Waals surface area contributed by atoms with Crippen molar-refractivity contribution in [1.82, 2.24) is 4.57 Å². The Bertz CT molecular complexity index is 884. The van der Waals surface area contributed by atoms with Gasteiger partial charge in [0.2, 0.25) is 0 Å².